The molecule has 2 aromatic heterocycles. The molecule has 1 fully saturated rings. The van der Waals surface area contributed by atoms with Gasteiger partial charge in [-0.05, 0) is 0 Å². The molecule has 6 atom stereocenters. The first-order valence-electron chi connectivity index (χ1n) is 8.49. The number of anilines is 1. The Morgan fingerprint density at radius 2 is 1.88 bits per heavy atom. The predicted molar refractivity (Wildman–Crippen MR) is 103 cm³/mol. The van der Waals surface area contributed by atoms with E-state index in [0.717, 1.165) is 10.9 Å². The molecule has 0 aliphatic carbocycles. The molecule has 6 unspecified atom stereocenters. The summed E-state index contributed by atoms with van der Waals surface area (Å²) in [5.41, 5.74) is 4.69. The highest BCUT2D eigenvalue weighted by Gasteiger charge is 2.48. The third-order valence-corrected chi connectivity index (χ3v) is 7.93. The molecule has 1 saturated heterocycles. The maximum Gasteiger partial charge on any atom is 0.490 e. The van der Waals surface area contributed by atoms with Crippen molar-refractivity contribution in [2.24, 2.45) is 0 Å². The quantitative estimate of drug-likeness (QED) is 0.176. The second kappa shape index (κ2) is 9.24. The number of nitrogens with one attached hydrogen (secondary N) is 1. The highest BCUT2D eigenvalue weighted by Crippen LogP contribution is 2.66. The molecule has 1 aliphatic heterocycles. The maximum absolute atomic E-state index is 11.9. The van der Waals surface area contributed by atoms with Gasteiger partial charge >= 0.3 is 23.5 Å². The molecule has 186 valence electrons. The molecule has 0 saturated carbocycles. The van der Waals surface area contributed by atoms with Crippen LogP contribution in [0.25, 0.3) is 11.2 Å². The lowest BCUT2D eigenvalue weighted by molar-refractivity contribution is -0.0526. The van der Waals surface area contributed by atoms with Crippen LogP contribution in [0.1, 0.15) is 6.23 Å². The van der Waals surface area contributed by atoms with Crippen molar-refractivity contribution in [2.45, 2.75) is 24.5 Å². The van der Waals surface area contributed by atoms with Gasteiger partial charge in [-0.25, -0.2) is 18.7 Å². The normalized spacial score (nSPS) is 27.5. The number of methoxy groups -OCH3 is 1. The number of phosphoric ester groups is 1. The number of nitrogens with two attached hydrogens (primary N) is 1. The van der Waals surface area contributed by atoms with Crippen LogP contribution in [0, 0.1) is 0 Å². The summed E-state index contributed by atoms with van der Waals surface area (Å²) < 4.78 is 57.6. The largest absolute Gasteiger partial charge is 0.490 e. The molecule has 22 heteroatoms. The number of nitrogen functional groups attached to an aromatic ring is 1. The number of rotatable bonds is 9. The van der Waals surface area contributed by atoms with Crippen LogP contribution < -0.4 is 11.3 Å². The number of aliphatic hydroxyl groups is 1. The Morgan fingerprint density at radius 3 is 2.48 bits per heavy atom. The molecular formula is C11H18N5O14P3. The fraction of sp³-hybridized carbons (Fsp3) is 0.545. The van der Waals surface area contributed by atoms with Gasteiger partial charge in [-0.15, -0.1) is 0 Å². The third-order valence-electron chi connectivity index (χ3n) is 4.12. The summed E-state index contributed by atoms with van der Waals surface area (Å²) in [5, 5.41) is 10.6. The molecule has 2 aromatic rings. The summed E-state index contributed by atoms with van der Waals surface area (Å²) >= 11 is 0. The minimum atomic E-state index is -5.71. The number of imidazole rings is 1. The fourth-order valence-corrected chi connectivity index (χ4v) is 6.00. The average molecular weight is 537 g/mol. The number of ether oxygens (including phenoxy) is 2. The Labute approximate surface area is 182 Å². The topological polar surface area (TPSA) is 288 Å². The SMILES string of the molecule is COC1C(COP(=O)(O)OP(=O)(O)OP(=O)(O)O)OC(n2cnc3c(=O)[nH]c(N)nc32)C1O. The lowest BCUT2D eigenvalue weighted by Crippen LogP contribution is -2.35. The van der Waals surface area contributed by atoms with Gasteiger partial charge in [-0.3, -0.25) is 18.9 Å². The second-order valence-electron chi connectivity index (χ2n) is 6.42. The van der Waals surface area contributed by atoms with Gasteiger partial charge in [0, 0.05) is 7.11 Å². The number of phosphoric acid groups is 3. The lowest BCUT2D eigenvalue weighted by atomic mass is 10.1. The average Bonchev–Trinajstić information content (AvgIpc) is 3.17. The van der Waals surface area contributed by atoms with E-state index in [1.807, 2.05) is 0 Å². The van der Waals surface area contributed by atoms with Crippen LogP contribution >= 0.6 is 23.5 Å². The van der Waals surface area contributed by atoms with E-state index in [1.54, 1.807) is 0 Å². The molecular weight excluding hydrogens is 519 g/mol. The van der Waals surface area contributed by atoms with Crippen molar-refractivity contribution in [3.63, 3.8) is 0 Å². The van der Waals surface area contributed by atoms with Crippen LogP contribution in [0.3, 0.4) is 0 Å². The van der Waals surface area contributed by atoms with E-state index >= 15 is 0 Å². The Balaban J connectivity index is 1.76. The summed E-state index contributed by atoms with van der Waals surface area (Å²) in [7, 11) is -15.5. The molecule has 0 bridgehead atoms. The molecule has 0 aromatic carbocycles. The first-order valence-corrected chi connectivity index (χ1v) is 13.0. The van der Waals surface area contributed by atoms with Gasteiger partial charge in [-0.2, -0.15) is 13.6 Å². The van der Waals surface area contributed by atoms with Crippen molar-refractivity contribution >= 4 is 40.6 Å². The van der Waals surface area contributed by atoms with E-state index in [1.165, 1.54) is 7.11 Å². The van der Waals surface area contributed by atoms with E-state index in [-0.39, 0.29) is 17.1 Å². The van der Waals surface area contributed by atoms with Crippen LogP contribution in [-0.2, 0) is 36.3 Å². The number of aromatic nitrogens is 4. The lowest BCUT2D eigenvalue weighted by Gasteiger charge is -2.20. The standard InChI is InChI=1S/C11H18N5O14P3/c1-26-7-4(2-27-32(22,23)30-33(24,25)29-31(19,20)21)28-10(6(7)17)16-3-13-5-8(16)14-11(12)15-9(5)18/h3-4,6-7,10,17H,2H2,1H3,(H,22,23)(H,24,25)(H2,19,20,21)(H3,12,14,15,18). The van der Waals surface area contributed by atoms with Crippen molar-refractivity contribution in [1.29, 1.82) is 0 Å². The van der Waals surface area contributed by atoms with Crippen LogP contribution in [0.2, 0.25) is 0 Å². The fourth-order valence-electron chi connectivity index (χ4n) is 2.97. The Morgan fingerprint density at radius 1 is 1.21 bits per heavy atom. The summed E-state index contributed by atoms with van der Waals surface area (Å²) in [6.45, 7) is -0.876. The van der Waals surface area contributed by atoms with E-state index in [2.05, 4.69) is 28.1 Å². The van der Waals surface area contributed by atoms with Crippen molar-refractivity contribution in [2.75, 3.05) is 19.5 Å². The maximum atomic E-state index is 11.9. The van der Waals surface area contributed by atoms with E-state index < -0.39 is 60.2 Å². The minimum Gasteiger partial charge on any atom is -0.386 e. The summed E-state index contributed by atoms with van der Waals surface area (Å²) in [6.07, 6.45) is -4.11. The Hall–Kier alpha value is -1.56. The van der Waals surface area contributed by atoms with Crippen molar-refractivity contribution < 1.29 is 61.0 Å². The summed E-state index contributed by atoms with van der Waals surface area (Å²) in [4.78, 5) is 57.8. The zero-order valence-electron chi connectivity index (χ0n) is 16.3. The van der Waals surface area contributed by atoms with Crippen molar-refractivity contribution in [3.05, 3.63) is 16.7 Å². The third kappa shape index (κ3) is 6.12. The molecule has 3 heterocycles. The van der Waals surface area contributed by atoms with Gasteiger partial charge in [0.15, 0.2) is 17.4 Å². The Kier molecular flexibility index (Phi) is 7.29. The number of hydrogen-bond donors (Lipinski definition) is 7. The molecule has 0 radical (unpaired) electrons. The molecule has 0 spiro atoms. The molecule has 0 amide bonds. The van der Waals surface area contributed by atoms with Crippen LogP contribution in [0.4, 0.5) is 5.95 Å². The zero-order valence-corrected chi connectivity index (χ0v) is 18.9. The summed E-state index contributed by atoms with van der Waals surface area (Å²) in [5.74, 6) is -0.241. The highest BCUT2D eigenvalue weighted by molar-refractivity contribution is 7.66. The van der Waals surface area contributed by atoms with Gasteiger partial charge in [-0.1, -0.05) is 0 Å². The van der Waals surface area contributed by atoms with E-state index in [9.17, 15) is 33.4 Å². The number of aliphatic hydroxyl groups excluding tert-OH is 1. The number of hydrogen-bond acceptors (Lipinski definition) is 13. The molecule has 8 N–H and O–H groups in total. The van der Waals surface area contributed by atoms with Crippen molar-refractivity contribution in [3.8, 4) is 0 Å². The minimum absolute atomic E-state index is 0.0521. The monoisotopic (exact) mass is 537 g/mol. The number of H-pyrrole nitrogens is 1. The molecule has 19 nitrogen and oxygen atoms in total. The van der Waals surface area contributed by atoms with Gasteiger partial charge < -0.3 is 39.9 Å². The van der Waals surface area contributed by atoms with Gasteiger partial charge in [0.1, 0.15) is 18.3 Å². The van der Waals surface area contributed by atoms with E-state index in [4.69, 9.17) is 25.0 Å². The highest BCUT2D eigenvalue weighted by atomic mass is 31.3. The number of aromatic amines is 1. The van der Waals surface area contributed by atoms with Crippen LogP contribution in [0.15, 0.2) is 11.1 Å². The van der Waals surface area contributed by atoms with E-state index in [0.29, 0.717) is 0 Å². The first-order chi connectivity index (χ1) is 15.1. The second-order valence-corrected chi connectivity index (χ2v) is 10.8. The van der Waals surface area contributed by atoms with Crippen molar-refractivity contribution in [1.82, 2.24) is 19.5 Å². The van der Waals surface area contributed by atoms with Gasteiger partial charge in [0.25, 0.3) is 5.56 Å². The molecule has 33 heavy (non-hydrogen) atoms. The zero-order chi connectivity index (χ0) is 24.8. The van der Waals surface area contributed by atoms with Gasteiger partial charge in [0.2, 0.25) is 5.95 Å². The Bertz CT molecular complexity index is 1230. The molecule has 3 rings (SSSR count). The van der Waals surface area contributed by atoms with Crippen LogP contribution in [-0.4, -0.2) is 76.2 Å². The molecule has 1 aliphatic rings. The van der Waals surface area contributed by atoms with Gasteiger partial charge in [0.05, 0.1) is 12.9 Å². The first kappa shape index (κ1) is 26.1. The predicted octanol–water partition coefficient (Wildman–Crippen LogP) is -1.68. The number of fused-ring (bicyclic) bond motifs is 1. The van der Waals surface area contributed by atoms with Crippen LogP contribution in [0.5, 0.6) is 0 Å². The number of nitrogens with zero attached hydrogens (tertiary/aromatic N) is 3. The summed E-state index contributed by atoms with van der Waals surface area (Å²) in [6, 6.07) is 0. The smallest absolute Gasteiger partial charge is 0.386 e.